The van der Waals surface area contributed by atoms with Gasteiger partial charge < -0.3 is 5.32 Å². The molecule has 1 spiro atoms. The largest absolute Gasteiger partial charge is 0.308 e. The predicted octanol–water partition coefficient (Wildman–Crippen LogP) is 1.81. The molecule has 1 N–H and O–H groups in total. The first-order valence-electron chi connectivity index (χ1n) is 8.20. The molecule has 1 heterocycles. The topological polar surface area (TPSA) is 49.4 Å². The molecule has 1 aliphatic heterocycles. The average Bonchev–Trinajstić information content (AvgIpc) is 2.46. The molecule has 0 aromatic carbocycles. The van der Waals surface area contributed by atoms with Gasteiger partial charge in [0.25, 0.3) is 0 Å². The van der Waals surface area contributed by atoms with Gasteiger partial charge in [-0.15, -0.1) is 0 Å². The SMILES string of the molecule is CCC1CNC2(CCCCC2)CN1CCS(=O)(=O)CC. The Morgan fingerprint density at radius 2 is 1.90 bits per heavy atom. The van der Waals surface area contributed by atoms with Crippen LogP contribution in [0.3, 0.4) is 0 Å². The second kappa shape index (κ2) is 6.75. The molecule has 0 radical (unpaired) electrons. The number of rotatable bonds is 5. The van der Waals surface area contributed by atoms with Crippen LogP contribution in [-0.2, 0) is 9.84 Å². The molecule has 5 heteroatoms. The lowest BCUT2D eigenvalue weighted by Crippen LogP contribution is -2.65. The first-order valence-corrected chi connectivity index (χ1v) is 10.0. The van der Waals surface area contributed by atoms with Crippen LogP contribution in [0.25, 0.3) is 0 Å². The van der Waals surface area contributed by atoms with Gasteiger partial charge in [-0.05, 0) is 19.3 Å². The maximum atomic E-state index is 11.8. The van der Waals surface area contributed by atoms with Gasteiger partial charge in [0.2, 0.25) is 0 Å². The van der Waals surface area contributed by atoms with Gasteiger partial charge >= 0.3 is 0 Å². The van der Waals surface area contributed by atoms with Crippen molar-refractivity contribution in [1.82, 2.24) is 10.2 Å². The van der Waals surface area contributed by atoms with Crippen molar-refractivity contribution in [2.24, 2.45) is 0 Å². The molecule has 1 saturated carbocycles. The van der Waals surface area contributed by atoms with Crippen molar-refractivity contribution in [1.29, 1.82) is 0 Å². The molecule has 1 saturated heterocycles. The molecule has 20 heavy (non-hydrogen) atoms. The molecular weight excluding hydrogens is 272 g/mol. The van der Waals surface area contributed by atoms with Gasteiger partial charge in [0, 0.05) is 37.0 Å². The Hall–Kier alpha value is -0.130. The average molecular weight is 302 g/mol. The lowest BCUT2D eigenvalue weighted by Gasteiger charge is -2.49. The minimum absolute atomic E-state index is 0.264. The molecule has 0 amide bonds. The normalized spacial score (nSPS) is 27.8. The second-order valence-electron chi connectivity index (χ2n) is 6.49. The summed E-state index contributed by atoms with van der Waals surface area (Å²) in [7, 11) is -2.85. The minimum atomic E-state index is -2.85. The molecule has 2 fully saturated rings. The fourth-order valence-electron chi connectivity index (χ4n) is 3.67. The van der Waals surface area contributed by atoms with Crippen LogP contribution in [0.2, 0.25) is 0 Å². The van der Waals surface area contributed by atoms with Crippen LogP contribution in [0.4, 0.5) is 0 Å². The van der Waals surface area contributed by atoms with Crippen molar-refractivity contribution >= 4 is 9.84 Å². The smallest absolute Gasteiger partial charge is 0.151 e. The van der Waals surface area contributed by atoms with Crippen molar-refractivity contribution in [2.75, 3.05) is 31.1 Å². The lowest BCUT2D eigenvalue weighted by atomic mass is 9.79. The highest BCUT2D eigenvalue weighted by Crippen LogP contribution is 2.32. The molecule has 1 unspecified atom stereocenters. The summed E-state index contributed by atoms with van der Waals surface area (Å²) in [4.78, 5) is 2.44. The van der Waals surface area contributed by atoms with E-state index in [1.807, 2.05) is 0 Å². The highest BCUT2D eigenvalue weighted by atomic mass is 32.2. The van der Waals surface area contributed by atoms with Crippen molar-refractivity contribution in [3.05, 3.63) is 0 Å². The highest BCUT2D eigenvalue weighted by molar-refractivity contribution is 7.91. The van der Waals surface area contributed by atoms with Crippen LogP contribution in [0.1, 0.15) is 52.4 Å². The summed E-state index contributed by atoms with van der Waals surface area (Å²) in [6.45, 7) is 6.70. The number of piperazine rings is 1. The summed E-state index contributed by atoms with van der Waals surface area (Å²) in [6.07, 6.45) is 7.57. The number of hydrogen-bond acceptors (Lipinski definition) is 4. The maximum Gasteiger partial charge on any atom is 0.151 e. The molecule has 118 valence electrons. The number of hydrogen-bond donors (Lipinski definition) is 1. The Kier molecular flexibility index (Phi) is 5.49. The number of nitrogens with one attached hydrogen (secondary N) is 1. The van der Waals surface area contributed by atoms with E-state index in [-0.39, 0.29) is 11.3 Å². The Bertz CT molecular complexity index is 402. The third-order valence-electron chi connectivity index (χ3n) is 5.15. The van der Waals surface area contributed by atoms with E-state index in [4.69, 9.17) is 0 Å². The van der Waals surface area contributed by atoms with Crippen molar-refractivity contribution in [2.45, 2.75) is 64.0 Å². The standard InChI is InChI=1S/C15H30N2O2S/c1-3-14-12-16-15(8-6-5-7-9-15)13-17(14)10-11-20(18,19)4-2/h14,16H,3-13H2,1-2H3. The van der Waals surface area contributed by atoms with Crippen LogP contribution in [0.5, 0.6) is 0 Å². The zero-order chi connectivity index (χ0) is 14.6. The van der Waals surface area contributed by atoms with E-state index in [2.05, 4.69) is 17.1 Å². The van der Waals surface area contributed by atoms with Gasteiger partial charge in [0.05, 0.1) is 5.75 Å². The highest BCUT2D eigenvalue weighted by Gasteiger charge is 2.39. The van der Waals surface area contributed by atoms with Gasteiger partial charge in [-0.3, -0.25) is 4.90 Å². The quantitative estimate of drug-likeness (QED) is 0.841. The van der Waals surface area contributed by atoms with Crippen LogP contribution < -0.4 is 5.32 Å². The minimum Gasteiger partial charge on any atom is -0.308 e. The van der Waals surface area contributed by atoms with Crippen molar-refractivity contribution < 1.29 is 8.42 Å². The van der Waals surface area contributed by atoms with Gasteiger partial charge in [-0.2, -0.15) is 0 Å². The van der Waals surface area contributed by atoms with Crippen molar-refractivity contribution in [3.63, 3.8) is 0 Å². The molecular formula is C15H30N2O2S. The lowest BCUT2D eigenvalue weighted by molar-refractivity contribution is 0.0587. The molecule has 0 bridgehead atoms. The molecule has 0 aromatic rings. The second-order valence-corrected chi connectivity index (χ2v) is 8.96. The third kappa shape index (κ3) is 3.95. The van der Waals surface area contributed by atoms with Gasteiger partial charge in [0.15, 0.2) is 9.84 Å². The summed E-state index contributed by atoms with van der Waals surface area (Å²) in [5.41, 5.74) is 0.264. The van der Waals surface area contributed by atoms with Crippen molar-refractivity contribution in [3.8, 4) is 0 Å². The van der Waals surface area contributed by atoms with Gasteiger partial charge in [0.1, 0.15) is 0 Å². The van der Waals surface area contributed by atoms with Gasteiger partial charge in [-0.1, -0.05) is 33.1 Å². The van der Waals surface area contributed by atoms with E-state index in [9.17, 15) is 8.42 Å². The Morgan fingerprint density at radius 3 is 2.50 bits per heavy atom. The molecule has 2 rings (SSSR count). The summed E-state index contributed by atoms with van der Waals surface area (Å²) < 4.78 is 23.5. The maximum absolute atomic E-state index is 11.8. The fourth-order valence-corrected chi connectivity index (χ4v) is 4.47. The molecule has 2 aliphatic rings. The molecule has 1 atom stereocenters. The predicted molar refractivity (Wildman–Crippen MR) is 83.8 cm³/mol. The van der Waals surface area contributed by atoms with E-state index >= 15 is 0 Å². The van der Waals surface area contributed by atoms with E-state index in [1.54, 1.807) is 6.92 Å². The Labute approximate surface area is 124 Å². The summed E-state index contributed by atoms with van der Waals surface area (Å²) in [6, 6.07) is 0.495. The van der Waals surface area contributed by atoms with E-state index in [0.29, 0.717) is 18.3 Å². The number of nitrogens with zero attached hydrogens (tertiary/aromatic N) is 1. The Morgan fingerprint density at radius 1 is 1.20 bits per heavy atom. The summed E-state index contributed by atoms with van der Waals surface area (Å²) >= 11 is 0. The monoisotopic (exact) mass is 302 g/mol. The van der Waals surface area contributed by atoms with E-state index in [1.165, 1.54) is 32.1 Å². The summed E-state index contributed by atoms with van der Waals surface area (Å²) in [5, 5.41) is 3.79. The third-order valence-corrected chi connectivity index (χ3v) is 6.83. The van der Waals surface area contributed by atoms with Crippen LogP contribution in [-0.4, -0.2) is 56.0 Å². The van der Waals surface area contributed by atoms with Crippen LogP contribution in [0, 0.1) is 0 Å². The molecule has 4 nitrogen and oxygen atoms in total. The number of sulfone groups is 1. The first-order chi connectivity index (χ1) is 9.50. The van der Waals surface area contributed by atoms with Crippen LogP contribution in [0.15, 0.2) is 0 Å². The molecule has 1 aliphatic carbocycles. The summed E-state index contributed by atoms with van der Waals surface area (Å²) in [5.74, 6) is 0.580. The zero-order valence-corrected chi connectivity index (χ0v) is 13.8. The molecule has 0 aromatic heterocycles. The Balaban J connectivity index is 1.99. The van der Waals surface area contributed by atoms with E-state index in [0.717, 1.165) is 19.5 Å². The fraction of sp³-hybridized carbons (Fsp3) is 1.00. The van der Waals surface area contributed by atoms with Gasteiger partial charge in [-0.25, -0.2) is 8.42 Å². The van der Waals surface area contributed by atoms with E-state index < -0.39 is 9.84 Å². The first kappa shape index (κ1) is 16.2. The van der Waals surface area contributed by atoms with Crippen LogP contribution >= 0.6 is 0 Å². The zero-order valence-electron chi connectivity index (χ0n) is 13.0.